The van der Waals surface area contributed by atoms with Crippen molar-refractivity contribution in [3.63, 3.8) is 0 Å². The average Bonchev–Trinajstić information content (AvgIpc) is 2.34. The Morgan fingerprint density at radius 3 is 2.58 bits per heavy atom. The maximum Gasteiger partial charge on any atom is 0.422 e. The van der Waals surface area contributed by atoms with Gasteiger partial charge in [-0.3, -0.25) is 0 Å². The van der Waals surface area contributed by atoms with Crippen LogP contribution in [0, 0.1) is 0 Å². The number of hydrogen-bond acceptors (Lipinski definition) is 2. The van der Waals surface area contributed by atoms with Gasteiger partial charge in [0.15, 0.2) is 6.61 Å². The predicted octanol–water partition coefficient (Wildman–Crippen LogP) is 4.57. The molecule has 1 aromatic heterocycles. The van der Waals surface area contributed by atoms with Crippen molar-refractivity contribution in [1.29, 1.82) is 0 Å². The number of aromatic nitrogens is 1. The highest BCUT2D eigenvalue weighted by molar-refractivity contribution is 6.31. The number of nitrogens with zero attached hydrogens (tertiary/aromatic N) is 1. The molecule has 1 heterocycles. The van der Waals surface area contributed by atoms with E-state index in [0.717, 1.165) is 0 Å². The molecular formula is C12H8Cl2F3NO. The highest BCUT2D eigenvalue weighted by Gasteiger charge is 2.28. The van der Waals surface area contributed by atoms with Crippen LogP contribution in [-0.2, 0) is 5.88 Å². The lowest BCUT2D eigenvalue weighted by Crippen LogP contribution is -2.19. The van der Waals surface area contributed by atoms with Gasteiger partial charge >= 0.3 is 6.18 Å². The first-order valence-corrected chi connectivity index (χ1v) is 6.15. The molecule has 0 radical (unpaired) electrons. The van der Waals surface area contributed by atoms with Crippen LogP contribution in [0.25, 0.3) is 10.9 Å². The number of benzene rings is 1. The van der Waals surface area contributed by atoms with Crippen molar-refractivity contribution >= 4 is 34.1 Å². The Labute approximate surface area is 117 Å². The maximum absolute atomic E-state index is 12.1. The fourth-order valence-corrected chi connectivity index (χ4v) is 2.01. The Morgan fingerprint density at radius 2 is 1.95 bits per heavy atom. The number of ether oxygens (including phenoxy) is 1. The maximum atomic E-state index is 12.1. The molecule has 0 bridgehead atoms. The summed E-state index contributed by atoms with van der Waals surface area (Å²) in [6.07, 6.45) is -4.37. The van der Waals surface area contributed by atoms with Gasteiger partial charge in [-0.05, 0) is 24.3 Å². The zero-order chi connectivity index (χ0) is 14.0. The molecule has 0 fully saturated rings. The van der Waals surface area contributed by atoms with Crippen LogP contribution < -0.4 is 4.74 Å². The number of hydrogen-bond donors (Lipinski definition) is 0. The molecule has 0 saturated heterocycles. The first-order chi connectivity index (χ1) is 8.89. The summed E-state index contributed by atoms with van der Waals surface area (Å²) < 4.78 is 40.8. The minimum atomic E-state index is -4.37. The summed E-state index contributed by atoms with van der Waals surface area (Å²) >= 11 is 11.6. The molecule has 0 aliphatic heterocycles. The molecule has 0 unspecified atom stereocenters. The summed E-state index contributed by atoms with van der Waals surface area (Å²) in [6.45, 7) is -1.33. The Hall–Kier alpha value is -1.20. The van der Waals surface area contributed by atoms with Crippen LogP contribution in [0.2, 0.25) is 5.15 Å². The van der Waals surface area contributed by atoms with Crippen LogP contribution in [-0.4, -0.2) is 17.8 Å². The molecule has 102 valence electrons. The van der Waals surface area contributed by atoms with Crippen molar-refractivity contribution < 1.29 is 17.9 Å². The lowest BCUT2D eigenvalue weighted by Gasteiger charge is -2.10. The van der Waals surface area contributed by atoms with Gasteiger partial charge in [-0.2, -0.15) is 13.2 Å². The van der Waals surface area contributed by atoms with E-state index in [1.807, 2.05) is 0 Å². The lowest BCUT2D eigenvalue weighted by molar-refractivity contribution is -0.153. The normalized spacial score (nSPS) is 11.8. The van der Waals surface area contributed by atoms with E-state index in [-0.39, 0.29) is 16.8 Å². The van der Waals surface area contributed by atoms with Crippen LogP contribution >= 0.6 is 23.2 Å². The van der Waals surface area contributed by atoms with Gasteiger partial charge in [0, 0.05) is 10.9 Å². The molecule has 0 atom stereocenters. The van der Waals surface area contributed by atoms with Gasteiger partial charge in [-0.1, -0.05) is 11.6 Å². The fraction of sp³-hybridized carbons (Fsp3) is 0.250. The third-order valence-electron chi connectivity index (χ3n) is 2.36. The molecule has 2 aromatic rings. The zero-order valence-corrected chi connectivity index (χ0v) is 11.0. The monoisotopic (exact) mass is 309 g/mol. The predicted molar refractivity (Wildman–Crippen MR) is 67.9 cm³/mol. The fourth-order valence-electron chi connectivity index (χ4n) is 1.52. The van der Waals surface area contributed by atoms with E-state index in [1.165, 1.54) is 12.1 Å². The molecule has 7 heteroatoms. The van der Waals surface area contributed by atoms with Crippen LogP contribution in [0.1, 0.15) is 5.56 Å². The molecule has 0 aliphatic rings. The van der Waals surface area contributed by atoms with E-state index in [1.54, 1.807) is 12.1 Å². The highest BCUT2D eigenvalue weighted by Crippen LogP contribution is 2.26. The molecule has 0 spiro atoms. The third-order valence-corrected chi connectivity index (χ3v) is 2.97. The van der Waals surface area contributed by atoms with Gasteiger partial charge in [0.1, 0.15) is 10.9 Å². The second kappa shape index (κ2) is 5.43. The molecule has 2 nitrogen and oxygen atoms in total. The largest absolute Gasteiger partial charge is 0.484 e. The van der Waals surface area contributed by atoms with Crippen LogP contribution in [0.15, 0.2) is 24.3 Å². The van der Waals surface area contributed by atoms with E-state index < -0.39 is 12.8 Å². The summed E-state index contributed by atoms with van der Waals surface area (Å²) in [6, 6.07) is 6.11. The number of pyridine rings is 1. The molecule has 1 aromatic carbocycles. The number of halogens is 5. The Kier molecular flexibility index (Phi) is 4.06. The topological polar surface area (TPSA) is 22.1 Å². The van der Waals surface area contributed by atoms with Crippen LogP contribution in [0.3, 0.4) is 0 Å². The minimum absolute atomic E-state index is 0.120. The molecule has 0 amide bonds. The molecule has 19 heavy (non-hydrogen) atoms. The van der Waals surface area contributed by atoms with Gasteiger partial charge < -0.3 is 4.74 Å². The summed E-state index contributed by atoms with van der Waals surface area (Å²) in [5.74, 6) is 0.296. The van der Waals surface area contributed by atoms with Crippen molar-refractivity contribution in [2.75, 3.05) is 6.61 Å². The van der Waals surface area contributed by atoms with E-state index in [0.29, 0.717) is 16.5 Å². The van der Waals surface area contributed by atoms with Gasteiger partial charge in [0.2, 0.25) is 0 Å². The van der Waals surface area contributed by atoms with Crippen molar-refractivity contribution in [3.05, 3.63) is 35.0 Å². The van der Waals surface area contributed by atoms with Crippen molar-refractivity contribution in [1.82, 2.24) is 4.98 Å². The third kappa shape index (κ3) is 3.64. The summed E-state index contributed by atoms with van der Waals surface area (Å²) in [4.78, 5) is 4.10. The van der Waals surface area contributed by atoms with E-state index in [9.17, 15) is 13.2 Å². The van der Waals surface area contributed by atoms with E-state index in [4.69, 9.17) is 23.2 Å². The lowest BCUT2D eigenvalue weighted by atomic mass is 10.1. The number of rotatable bonds is 3. The van der Waals surface area contributed by atoms with Crippen LogP contribution in [0.4, 0.5) is 13.2 Å². The molecule has 2 rings (SSSR count). The Balaban J connectivity index is 2.31. The molecule has 0 N–H and O–H groups in total. The molecule has 0 aliphatic carbocycles. The number of fused-ring (bicyclic) bond motifs is 1. The quantitative estimate of drug-likeness (QED) is 0.612. The standard InChI is InChI=1S/C12H8Cl2F3NO/c13-5-8-3-7-4-9(19-6-12(15,16)17)1-2-10(7)18-11(8)14/h1-4H,5-6H2. The molecular weight excluding hydrogens is 302 g/mol. The van der Waals surface area contributed by atoms with Crippen LogP contribution in [0.5, 0.6) is 5.75 Å². The first-order valence-electron chi connectivity index (χ1n) is 5.24. The molecule has 0 saturated carbocycles. The van der Waals surface area contributed by atoms with E-state index in [2.05, 4.69) is 9.72 Å². The van der Waals surface area contributed by atoms with Gasteiger partial charge in [0.25, 0.3) is 0 Å². The Morgan fingerprint density at radius 1 is 1.21 bits per heavy atom. The van der Waals surface area contributed by atoms with Crippen molar-refractivity contribution in [2.24, 2.45) is 0 Å². The first kappa shape index (κ1) is 14.2. The Bertz CT molecular complexity index is 601. The second-order valence-electron chi connectivity index (χ2n) is 3.83. The van der Waals surface area contributed by atoms with Gasteiger partial charge in [-0.25, -0.2) is 4.98 Å². The van der Waals surface area contributed by atoms with Gasteiger partial charge in [-0.15, -0.1) is 11.6 Å². The number of alkyl halides is 4. The van der Waals surface area contributed by atoms with Gasteiger partial charge in [0.05, 0.1) is 11.4 Å². The summed E-state index contributed by atoms with van der Waals surface area (Å²) in [7, 11) is 0. The highest BCUT2D eigenvalue weighted by atomic mass is 35.5. The smallest absolute Gasteiger partial charge is 0.422 e. The van der Waals surface area contributed by atoms with Crippen molar-refractivity contribution in [3.8, 4) is 5.75 Å². The second-order valence-corrected chi connectivity index (χ2v) is 4.46. The summed E-state index contributed by atoms with van der Waals surface area (Å²) in [5.41, 5.74) is 1.18. The summed E-state index contributed by atoms with van der Waals surface area (Å²) in [5, 5.41) is 0.909. The SMILES string of the molecule is FC(F)(F)COc1ccc2nc(Cl)c(CCl)cc2c1. The average molecular weight is 310 g/mol. The van der Waals surface area contributed by atoms with E-state index >= 15 is 0 Å². The van der Waals surface area contributed by atoms with Crippen molar-refractivity contribution in [2.45, 2.75) is 12.1 Å². The minimum Gasteiger partial charge on any atom is -0.484 e. The zero-order valence-electron chi connectivity index (χ0n) is 9.47.